The molecule has 0 aliphatic carbocycles. The van der Waals surface area contributed by atoms with E-state index < -0.39 is 0 Å². The molecule has 5 heteroatoms. The van der Waals surface area contributed by atoms with Crippen LogP contribution in [0.25, 0.3) is 23.1 Å². The molecule has 0 bridgehead atoms. The summed E-state index contributed by atoms with van der Waals surface area (Å²) in [5, 5.41) is 10.9. The van der Waals surface area contributed by atoms with Gasteiger partial charge in [-0.2, -0.15) is 0 Å². The maximum absolute atomic E-state index is 9.67. The normalized spacial score (nSPS) is 15.0. The van der Waals surface area contributed by atoms with Gasteiger partial charge < -0.3 is 19.6 Å². The lowest BCUT2D eigenvalue weighted by molar-refractivity contribution is 0.0544. The predicted octanol–water partition coefficient (Wildman–Crippen LogP) is 8.26. The van der Waals surface area contributed by atoms with E-state index in [9.17, 15) is 5.41 Å². The Kier molecular flexibility index (Phi) is 9.92. The van der Waals surface area contributed by atoms with Crippen LogP contribution in [0.15, 0.2) is 79.6 Å². The van der Waals surface area contributed by atoms with Gasteiger partial charge in [0.1, 0.15) is 0 Å². The van der Waals surface area contributed by atoms with Gasteiger partial charge in [0.2, 0.25) is 0 Å². The van der Waals surface area contributed by atoms with Crippen molar-refractivity contribution in [1.29, 1.82) is 5.41 Å². The number of hydrogen-bond donors (Lipinski definition) is 3. The van der Waals surface area contributed by atoms with Gasteiger partial charge in [0.25, 0.3) is 0 Å². The highest BCUT2D eigenvalue weighted by Crippen LogP contribution is 2.32. The molecule has 0 amide bonds. The fraction of sp³-hybridized carbons (Fsp3) is 0.361. The van der Waals surface area contributed by atoms with Crippen LogP contribution in [-0.4, -0.2) is 40.5 Å². The number of fused-ring (bicyclic) bond motifs is 1. The fourth-order valence-corrected chi connectivity index (χ4v) is 6.32. The van der Waals surface area contributed by atoms with Crippen LogP contribution in [0.5, 0.6) is 0 Å². The zero-order chi connectivity index (χ0) is 28.4. The Labute approximate surface area is 244 Å². The van der Waals surface area contributed by atoms with Crippen molar-refractivity contribution in [3.8, 4) is 0 Å². The van der Waals surface area contributed by atoms with Crippen molar-refractivity contribution in [2.45, 2.75) is 52.0 Å². The summed E-state index contributed by atoms with van der Waals surface area (Å²) in [7, 11) is 0. The van der Waals surface area contributed by atoms with Gasteiger partial charge in [-0.15, -0.1) is 0 Å². The summed E-state index contributed by atoms with van der Waals surface area (Å²) in [6.45, 7) is 9.24. The number of benzene rings is 2. The summed E-state index contributed by atoms with van der Waals surface area (Å²) in [6, 6.07) is 19.2. The monoisotopic (exact) mass is 548 g/mol. The Morgan fingerprint density at radius 1 is 1.02 bits per heavy atom. The van der Waals surface area contributed by atoms with E-state index in [1.807, 2.05) is 6.08 Å². The molecule has 0 unspecified atom stereocenters. The maximum Gasteiger partial charge on any atom is 0.0998 e. The smallest absolute Gasteiger partial charge is 0.0998 e. The van der Waals surface area contributed by atoms with Crippen molar-refractivity contribution in [3.63, 3.8) is 0 Å². The summed E-state index contributed by atoms with van der Waals surface area (Å²) in [6.07, 6.45) is 16.5. The van der Waals surface area contributed by atoms with E-state index in [0.717, 1.165) is 76.4 Å². The van der Waals surface area contributed by atoms with Gasteiger partial charge in [-0.1, -0.05) is 67.3 Å². The molecule has 1 aliphatic rings. The maximum atomic E-state index is 9.67. The highest BCUT2D eigenvalue weighted by atomic mass is 16.5. The van der Waals surface area contributed by atoms with E-state index in [-0.39, 0.29) is 5.92 Å². The Bertz CT molecular complexity index is 1440. The lowest BCUT2D eigenvalue weighted by Gasteiger charge is -2.36. The molecular weight excluding hydrogens is 504 g/mol. The lowest BCUT2D eigenvalue weighted by Crippen LogP contribution is -2.41. The number of aromatic nitrogens is 2. The number of ether oxygens (including phenoxy) is 1. The van der Waals surface area contributed by atoms with E-state index in [4.69, 9.17) is 4.74 Å². The Morgan fingerprint density at radius 3 is 2.56 bits per heavy atom. The highest BCUT2D eigenvalue weighted by molar-refractivity contribution is 5.86. The molecule has 2 aromatic heterocycles. The third-order valence-corrected chi connectivity index (χ3v) is 8.56. The van der Waals surface area contributed by atoms with Crippen LogP contribution in [0, 0.1) is 17.2 Å². The zero-order valence-electron chi connectivity index (χ0n) is 24.4. The third-order valence-electron chi connectivity index (χ3n) is 8.56. The van der Waals surface area contributed by atoms with E-state index in [1.54, 1.807) is 0 Å². The first-order valence-electron chi connectivity index (χ1n) is 15.1. The van der Waals surface area contributed by atoms with E-state index in [0.29, 0.717) is 5.92 Å². The van der Waals surface area contributed by atoms with Crippen molar-refractivity contribution in [1.82, 2.24) is 14.9 Å². The second kappa shape index (κ2) is 14.2. The zero-order valence-corrected chi connectivity index (χ0v) is 24.4. The van der Waals surface area contributed by atoms with E-state index in [1.165, 1.54) is 33.2 Å². The minimum atomic E-state index is 0.155. The molecule has 214 valence electrons. The van der Waals surface area contributed by atoms with Gasteiger partial charge in [-0.3, -0.25) is 5.41 Å². The average Bonchev–Trinajstić information content (AvgIpc) is 3.61. The summed E-state index contributed by atoms with van der Waals surface area (Å²) in [5.41, 5.74) is 7.40. The highest BCUT2D eigenvalue weighted by Gasteiger charge is 2.31. The van der Waals surface area contributed by atoms with Crippen LogP contribution in [0.2, 0.25) is 0 Å². The van der Waals surface area contributed by atoms with Crippen LogP contribution in [0.3, 0.4) is 0 Å². The van der Waals surface area contributed by atoms with Gasteiger partial charge in [0, 0.05) is 66.8 Å². The number of H-pyrrole nitrogens is 2. The molecule has 3 heterocycles. The SMILES string of the molecule is C=Cc1[nH]cc(CCCCN(Cc2ccccc2)C(=N)[C@@H](Cc2c[nH]c3ccccc23)C2CCOCC2)c1/C=C\C. The van der Waals surface area contributed by atoms with Crippen LogP contribution in [0.1, 0.15) is 60.6 Å². The van der Waals surface area contributed by atoms with Gasteiger partial charge in [-0.25, -0.2) is 0 Å². The molecule has 2 aromatic carbocycles. The number of aromatic amines is 2. The first-order valence-corrected chi connectivity index (χ1v) is 15.1. The molecule has 3 N–H and O–H groups in total. The van der Waals surface area contributed by atoms with Crippen LogP contribution in [-0.2, 0) is 24.1 Å². The van der Waals surface area contributed by atoms with Crippen molar-refractivity contribution in [2.75, 3.05) is 19.8 Å². The summed E-state index contributed by atoms with van der Waals surface area (Å²) >= 11 is 0. The number of nitrogens with one attached hydrogen (secondary N) is 3. The number of allylic oxidation sites excluding steroid dienone is 1. The first kappa shape index (κ1) is 28.7. The van der Waals surface area contributed by atoms with Crippen molar-refractivity contribution in [2.24, 2.45) is 11.8 Å². The van der Waals surface area contributed by atoms with Crippen LogP contribution < -0.4 is 0 Å². The third kappa shape index (κ3) is 7.09. The quantitative estimate of drug-likeness (QED) is 0.0894. The summed E-state index contributed by atoms with van der Waals surface area (Å²) < 4.78 is 5.75. The molecule has 0 radical (unpaired) electrons. The number of rotatable bonds is 13. The molecule has 5 rings (SSSR count). The first-order chi connectivity index (χ1) is 20.2. The largest absolute Gasteiger partial charge is 0.381 e. The Hall–Kier alpha value is -3.83. The molecule has 1 aliphatic heterocycles. The fourth-order valence-electron chi connectivity index (χ4n) is 6.32. The molecule has 41 heavy (non-hydrogen) atoms. The minimum absolute atomic E-state index is 0.155. The summed E-state index contributed by atoms with van der Waals surface area (Å²) in [4.78, 5) is 9.18. The predicted molar refractivity (Wildman–Crippen MR) is 172 cm³/mol. The standard InChI is InChI=1S/C36H44N4O/c1-3-12-31-29(24-38-34(31)4-2)15-10-11-20-40(26-27-13-6-5-7-14-27)36(37)33(28-18-21-41-22-19-28)23-30-25-39-35-17-9-8-16-32(30)35/h3-9,12-14,16-17,24-25,28,33,37-39H,2,10-11,15,18-23,26H2,1H3/b12-3-,37-36?/t33-/m0/s1. The van der Waals surface area contributed by atoms with E-state index in [2.05, 4.69) is 108 Å². The molecule has 1 saturated heterocycles. The molecule has 0 spiro atoms. The number of unbranched alkanes of at least 4 members (excludes halogenated alkanes) is 1. The Balaban J connectivity index is 1.34. The van der Waals surface area contributed by atoms with Crippen molar-refractivity contribution >= 4 is 28.9 Å². The number of para-hydroxylation sites is 1. The van der Waals surface area contributed by atoms with Crippen molar-refractivity contribution < 1.29 is 4.74 Å². The van der Waals surface area contributed by atoms with Gasteiger partial charge in [-0.05, 0) is 80.2 Å². The van der Waals surface area contributed by atoms with Crippen LogP contribution in [0.4, 0.5) is 0 Å². The molecule has 5 nitrogen and oxygen atoms in total. The van der Waals surface area contributed by atoms with Crippen molar-refractivity contribution in [3.05, 3.63) is 108 Å². The topological polar surface area (TPSA) is 67.9 Å². The second-order valence-corrected chi connectivity index (χ2v) is 11.2. The Morgan fingerprint density at radius 2 is 1.78 bits per heavy atom. The number of hydrogen-bond acceptors (Lipinski definition) is 2. The van der Waals surface area contributed by atoms with Gasteiger partial charge >= 0.3 is 0 Å². The molecule has 1 fully saturated rings. The molecule has 1 atom stereocenters. The van der Waals surface area contributed by atoms with Crippen LogP contribution >= 0.6 is 0 Å². The molecule has 4 aromatic rings. The van der Waals surface area contributed by atoms with Gasteiger partial charge in [0.05, 0.1) is 5.84 Å². The molecular formula is C36H44N4O. The second-order valence-electron chi connectivity index (χ2n) is 11.2. The number of amidine groups is 1. The number of aryl methyl sites for hydroxylation is 1. The minimum Gasteiger partial charge on any atom is -0.381 e. The van der Waals surface area contributed by atoms with Gasteiger partial charge in [0.15, 0.2) is 0 Å². The van der Waals surface area contributed by atoms with E-state index >= 15 is 0 Å². The number of nitrogens with zero attached hydrogens (tertiary/aromatic N) is 1. The average molecular weight is 549 g/mol. The summed E-state index contributed by atoms with van der Waals surface area (Å²) in [5.74, 6) is 1.38. The lowest BCUT2D eigenvalue weighted by atomic mass is 9.80. The molecule has 0 saturated carbocycles.